The Morgan fingerprint density at radius 1 is 1.08 bits per heavy atom. The van der Waals surface area contributed by atoms with E-state index in [0.717, 1.165) is 5.76 Å². The van der Waals surface area contributed by atoms with Crippen LogP contribution < -0.4 is 0 Å². The largest absolute Gasteiger partial charge is 0.472 e. The minimum atomic E-state index is 0. The highest BCUT2D eigenvalue weighted by atomic mass is 16.3. The molecule has 0 atom stereocenters. The molecule has 2 nitrogen and oxygen atoms in total. The molecule has 2 heterocycles. The quantitative estimate of drug-likeness (QED) is 0.616. The molecule has 0 N–H and O–H groups in total. The normalized spacial score (nSPS) is 8.15. The van der Waals surface area contributed by atoms with Gasteiger partial charge in [0.1, 0.15) is 5.76 Å². The van der Waals surface area contributed by atoms with E-state index in [1.54, 1.807) is 18.8 Å². The van der Waals surface area contributed by atoms with Gasteiger partial charge in [-0.1, -0.05) is 7.43 Å². The zero-order valence-electron chi connectivity index (χ0n) is 7.28. The van der Waals surface area contributed by atoms with Crippen LogP contribution in [0.3, 0.4) is 0 Å². The molecule has 0 saturated carbocycles. The lowest BCUT2D eigenvalue weighted by Crippen LogP contribution is -1.48. The molecule has 0 aliphatic rings. The average Bonchev–Trinajstić information content (AvgIpc) is 2.63. The Morgan fingerprint density at radius 3 is 2.00 bits per heavy atom. The predicted octanol–water partition coefficient (Wildman–Crippen LogP) is 3.81. The summed E-state index contributed by atoms with van der Waals surface area (Å²) >= 11 is 0. The lowest BCUT2D eigenvalue weighted by Gasteiger charge is -1.69. The maximum atomic E-state index is 4.83. The van der Waals surface area contributed by atoms with Gasteiger partial charge < -0.3 is 8.83 Å². The Labute approximate surface area is 79.2 Å². The molecule has 0 spiro atoms. The van der Waals surface area contributed by atoms with Gasteiger partial charge in [0.15, 0.2) is 0 Å². The second-order valence-corrected chi connectivity index (χ2v) is 2.52. The van der Waals surface area contributed by atoms with E-state index < -0.39 is 0 Å². The molecular weight excluding hydrogens is 164 g/mol. The van der Waals surface area contributed by atoms with Crippen molar-refractivity contribution >= 4 is 0 Å². The Morgan fingerprint density at radius 2 is 1.85 bits per heavy atom. The first-order valence-electron chi connectivity index (χ1n) is 3.78. The second kappa shape index (κ2) is 6.12. The van der Waals surface area contributed by atoms with Crippen molar-refractivity contribution in [1.29, 1.82) is 0 Å². The first kappa shape index (κ1) is 11.6. The summed E-state index contributed by atoms with van der Waals surface area (Å²) < 4.78 is 9.55. The molecule has 72 valence electrons. The Kier molecular flexibility index (Phi) is 5.44. The standard InChI is InChI=1S/2C5H6O.CH4/c1-5-2-3-6-4-5;1-5-3-2-4-6-5;/h2*2-4H,1H3;1H4. The summed E-state index contributed by atoms with van der Waals surface area (Å²) in [5, 5.41) is 0. The number of furan rings is 2. The van der Waals surface area contributed by atoms with Gasteiger partial charge in [-0.3, -0.25) is 0 Å². The fourth-order valence-corrected chi connectivity index (χ4v) is 0.693. The zero-order valence-corrected chi connectivity index (χ0v) is 7.28. The first-order chi connectivity index (χ1) is 5.79. The van der Waals surface area contributed by atoms with Gasteiger partial charge in [0.2, 0.25) is 0 Å². The molecule has 2 heteroatoms. The van der Waals surface area contributed by atoms with E-state index in [4.69, 9.17) is 8.83 Å². The van der Waals surface area contributed by atoms with Crippen molar-refractivity contribution in [2.24, 2.45) is 0 Å². The average molecular weight is 180 g/mol. The molecule has 0 fully saturated rings. The summed E-state index contributed by atoms with van der Waals surface area (Å²) in [5.41, 5.74) is 1.18. The van der Waals surface area contributed by atoms with Crippen LogP contribution in [0.1, 0.15) is 18.8 Å². The summed E-state index contributed by atoms with van der Waals surface area (Å²) in [5.74, 6) is 0.968. The van der Waals surface area contributed by atoms with Gasteiger partial charge in [0.05, 0.1) is 18.8 Å². The van der Waals surface area contributed by atoms with E-state index in [0.29, 0.717) is 0 Å². The SMILES string of the molecule is C.Cc1ccco1.Cc1ccoc1. The van der Waals surface area contributed by atoms with Crippen LogP contribution in [-0.4, -0.2) is 0 Å². The molecule has 0 aromatic carbocycles. The van der Waals surface area contributed by atoms with Crippen LogP contribution in [0.2, 0.25) is 0 Å². The molecule has 0 saturated heterocycles. The summed E-state index contributed by atoms with van der Waals surface area (Å²) in [6.07, 6.45) is 5.03. The number of hydrogen-bond acceptors (Lipinski definition) is 2. The zero-order chi connectivity index (χ0) is 8.81. The molecular formula is C11H16O2. The van der Waals surface area contributed by atoms with Crippen LogP contribution in [0.5, 0.6) is 0 Å². The Balaban J connectivity index is 0.000000206. The van der Waals surface area contributed by atoms with Crippen molar-refractivity contribution in [1.82, 2.24) is 0 Å². The molecule has 2 rings (SSSR count). The summed E-state index contributed by atoms with van der Waals surface area (Å²) in [6.45, 7) is 3.91. The second-order valence-electron chi connectivity index (χ2n) is 2.52. The summed E-state index contributed by atoms with van der Waals surface area (Å²) in [7, 11) is 0. The van der Waals surface area contributed by atoms with Crippen LogP contribution in [0.4, 0.5) is 0 Å². The molecule has 0 aliphatic carbocycles. The molecule has 2 aromatic rings. The van der Waals surface area contributed by atoms with Gasteiger partial charge >= 0.3 is 0 Å². The third-order valence-corrected chi connectivity index (χ3v) is 1.33. The number of aryl methyl sites for hydroxylation is 2. The van der Waals surface area contributed by atoms with E-state index in [1.807, 2.05) is 32.0 Å². The summed E-state index contributed by atoms with van der Waals surface area (Å²) in [6, 6.07) is 5.70. The third-order valence-electron chi connectivity index (χ3n) is 1.33. The topological polar surface area (TPSA) is 26.3 Å². The monoisotopic (exact) mass is 180 g/mol. The molecule has 0 unspecified atom stereocenters. The van der Waals surface area contributed by atoms with Crippen LogP contribution in [-0.2, 0) is 0 Å². The van der Waals surface area contributed by atoms with E-state index in [-0.39, 0.29) is 7.43 Å². The van der Waals surface area contributed by atoms with Crippen LogP contribution in [0.15, 0.2) is 45.8 Å². The lowest BCUT2D eigenvalue weighted by molar-refractivity contribution is 0.534. The highest BCUT2D eigenvalue weighted by Gasteiger charge is 1.76. The van der Waals surface area contributed by atoms with Crippen LogP contribution in [0.25, 0.3) is 0 Å². The maximum Gasteiger partial charge on any atom is 0.100 e. The molecule has 13 heavy (non-hydrogen) atoms. The minimum Gasteiger partial charge on any atom is -0.472 e. The van der Waals surface area contributed by atoms with Crippen LogP contribution >= 0.6 is 0 Å². The van der Waals surface area contributed by atoms with E-state index in [1.165, 1.54) is 5.56 Å². The van der Waals surface area contributed by atoms with Gasteiger partial charge in [-0.15, -0.1) is 0 Å². The summed E-state index contributed by atoms with van der Waals surface area (Å²) in [4.78, 5) is 0. The van der Waals surface area contributed by atoms with E-state index >= 15 is 0 Å². The molecule has 0 aliphatic heterocycles. The maximum absolute atomic E-state index is 4.83. The van der Waals surface area contributed by atoms with Gasteiger partial charge in [0, 0.05) is 0 Å². The highest BCUT2D eigenvalue weighted by molar-refractivity contribution is 5.00. The van der Waals surface area contributed by atoms with Gasteiger partial charge in [0.25, 0.3) is 0 Å². The van der Waals surface area contributed by atoms with E-state index in [2.05, 4.69) is 0 Å². The Hall–Kier alpha value is -1.44. The van der Waals surface area contributed by atoms with E-state index in [9.17, 15) is 0 Å². The third kappa shape index (κ3) is 4.90. The van der Waals surface area contributed by atoms with Crippen molar-refractivity contribution in [3.8, 4) is 0 Å². The van der Waals surface area contributed by atoms with Gasteiger partial charge in [-0.05, 0) is 37.6 Å². The molecule has 2 aromatic heterocycles. The predicted molar refractivity (Wildman–Crippen MR) is 53.6 cm³/mol. The smallest absolute Gasteiger partial charge is 0.100 e. The fraction of sp³-hybridized carbons (Fsp3) is 0.273. The molecule has 0 amide bonds. The minimum absolute atomic E-state index is 0. The Bertz CT molecular complexity index is 247. The first-order valence-corrected chi connectivity index (χ1v) is 3.78. The van der Waals surface area contributed by atoms with Crippen molar-refractivity contribution in [3.63, 3.8) is 0 Å². The fourth-order valence-electron chi connectivity index (χ4n) is 0.693. The molecule has 0 radical (unpaired) electrons. The van der Waals surface area contributed by atoms with Crippen molar-refractivity contribution in [2.45, 2.75) is 21.3 Å². The highest BCUT2D eigenvalue weighted by Crippen LogP contribution is 1.93. The molecule has 0 bridgehead atoms. The number of hydrogen-bond donors (Lipinski definition) is 0. The van der Waals surface area contributed by atoms with Crippen LogP contribution in [0, 0.1) is 13.8 Å². The lowest BCUT2D eigenvalue weighted by atomic mass is 10.4. The van der Waals surface area contributed by atoms with Gasteiger partial charge in [-0.2, -0.15) is 0 Å². The van der Waals surface area contributed by atoms with Gasteiger partial charge in [-0.25, -0.2) is 0 Å². The van der Waals surface area contributed by atoms with Crippen molar-refractivity contribution in [2.75, 3.05) is 0 Å². The van der Waals surface area contributed by atoms with Crippen molar-refractivity contribution in [3.05, 3.63) is 48.3 Å². The van der Waals surface area contributed by atoms with Crippen molar-refractivity contribution < 1.29 is 8.83 Å². The number of rotatable bonds is 0.